The van der Waals surface area contributed by atoms with Gasteiger partial charge in [0, 0.05) is 30.6 Å². The number of rotatable bonds is 7. The summed E-state index contributed by atoms with van der Waals surface area (Å²) in [6.07, 6.45) is 1.39. The van der Waals surface area contributed by atoms with Gasteiger partial charge in [-0.25, -0.2) is 0 Å². The van der Waals surface area contributed by atoms with Crippen LogP contribution in [0, 0.1) is 17.8 Å². The third-order valence-electron chi connectivity index (χ3n) is 5.79. The van der Waals surface area contributed by atoms with Crippen LogP contribution >= 0.6 is 0 Å². The maximum absolute atomic E-state index is 13.0. The Kier molecular flexibility index (Phi) is 8.23. The molecule has 1 aliphatic heterocycles. The molecule has 3 amide bonds. The SMILES string of the molecule is CC(C)C(=O)N1CCC([C@@H](NC(=O)c2ccccc2)C(=O)N[C@@H](C)C(C)C)CC1. The average molecular weight is 402 g/mol. The number of hydrogen-bond acceptors (Lipinski definition) is 3. The molecule has 6 nitrogen and oxygen atoms in total. The summed E-state index contributed by atoms with van der Waals surface area (Å²) in [6.45, 7) is 11.1. The zero-order valence-electron chi connectivity index (χ0n) is 18.3. The van der Waals surface area contributed by atoms with Crippen molar-refractivity contribution < 1.29 is 14.4 Å². The van der Waals surface area contributed by atoms with Crippen molar-refractivity contribution in [1.29, 1.82) is 0 Å². The van der Waals surface area contributed by atoms with Gasteiger partial charge in [0.1, 0.15) is 6.04 Å². The van der Waals surface area contributed by atoms with Crippen LogP contribution in [-0.2, 0) is 9.59 Å². The first-order chi connectivity index (χ1) is 13.7. The van der Waals surface area contributed by atoms with Crippen molar-refractivity contribution in [3.63, 3.8) is 0 Å². The Bertz CT molecular complexity index is 695. The van der Waals surface area contributed by atoms with Gasteiger partial charge in [-0.1, -0.05) is 45.9 Å². The fraction of sp³-hybridized carbons (Fsp3) is 0.609. The summed E-state index contributed by atoms with van der Waals surface area (Å²) in [5.74, 6) is 0.0162. The van der Waals surface area contributed by atoms with E-state index < -0.39 is 6.04 Å². The molecule has 1 aromatic carbocycles. The summed E-state index contributed by atoms with van der Waals surface area (Å²) in [4.78, 5) is 39.9. The van der Waals surface area contributed by atoms with Gasteiger partial charge in [0.2, 0.25) is 11.8 Å². The molecule has 1 saturated heterocycles. The molecular formula is C23H35N3O3. The maximum atomic E-state index is 13.0. The van der Waals surface area contributed by atoms with Crippen molar-refractivity contribution >= 4 is 17.7 Å². The number of nitrogens with one attached hydrogen (secondary N) is 2. The van der Waals surface area contributed by atoms with E-state index in [0.717, 1.165) is 0 Å². The molecule has 0 spiro atoms. The highest BCUT2D eigenvalue weighted by Gasteiger charge is 2.35. The molecule has 0 saturated carbocycles. The second-order valence-electron chi connectivity index (χ2n) is 8.68. The summed E-state index contributed by atoms with van der Waals surface area (Å²) < 4.78 is 0. The zero-order chi connectivity index (χ0) is 21.6. The highest BCUT2D eigenvalue weighted by molar-refractivity contribution is 5.97. The van der Waals surface area contributed by atoms with Crippen LogP contribution in [0.1, 0.15) is 57.8 Å². The molecule has 29 heavy (non-hydrogen) atoms. The van der Waals surface area contributed by atoms with E-state index in [1.165, 1.54) is 0 Å². The predicted molar refractivity (Wildman–Crippen MR) is 114 cm³/mol. The number of piperidine rings is 1. The molecule has 1 fully saturated rings. The second-order valence-corrected chi connectivity index (χ2v) is 8.68. The largest absolute Gasteiger partial charge is 0.352 e. The number of hydrogen-bond donors (Lipinski definition) is 2. The summed E-state index contributed by atoms with van der Waals surface area (Å²) >= 11 is 0. The van der Waals surface area contributed by atoms with E-state index in [4.69, 9.17) is 0 Å². The van der Waals surface area contributed by atoms with Gasteiger partial charge in [0.25, 0.3) is 5.91 Å². The Morgan fingerprint density at radius 3 is 2.03 bits per heavy atom. The Hall–Kier alpha value is -2.37. The van der Waals surface area contributed by atoms with E-state index >= 15 is 0 Å². The van der Waals surface area contributed by atoms with Crippen LogP contribution in [0.3, 0.4) is 0 Å². The predicted octanol–water partition coefficient (Wildman–Crippen LogP) is 2.84. The van der Waals surface area contributed by atoms with Crippen LogP contribution in [0.5, 0.6) is 0 Å². The minimum atomic E-state index is -0.611. The molecule has 1 aliphatic rings. The van der Waals surface area contributed by atoms with Gasteiger partial charge in [-0.2, -0.15) is 0 Å². The molecule has 1 aromatic rings. The number of benzene rings is 1. The van der Waals surface area contributed by atoms with Crippen molar-refractivity contribution in [2.45, 2.75) is 59.5 Å². The second kappa shape index (κ2) is 10.4. The van der Waals surface area contributed by atoms with E-state index in [9.17, 15) is 14.4 Å². The topological polar surface area (TPSA) is 78.5 Å². The standard InChI is InChI=1S/C23H35N3O3/c1-15(2)17(5)24-22(28)20(25-21(27)19-9-7-6-8-10-19)18-11-13-26(14-12-18)23(29)16(3)4/h6-10,15-18,20H,11-14H2,1-5H3,(H,24,28)(H,25,27)/t17-,20+/m0/s1. The Balaban J connectivity index is 2.11. The molecule has 1 heterocycles. The first-order valence-corrected chi connectivity index (χ1v) is 10.7. The monoisotopic (exact) mass is 401 g/mol. The smallest absolute Gasteiger partial charge is 0.251 e. The maximum Gasteiger partial charge on any atom is 0.251 e. The summed E-state index contributed by atoms with van der Waals surface area (Å²) in [7, 11) is 0. The fourth-order valence-electron chi connectivity index (χ4n) is 3.51. The van der Waals surface area contributed by atoms with Crippen molar-refractivity contribution in [1.82, 2.24) is 15.5 Å². The summed E-state index contributed by atoms with van der Waals surface area (Å²) in [6, 6.07) is 8.35. The van der Waals surface area contributed by atoms with E-state index in [0.29, 0.717) is 37.4 Å². The number of carbonyl (C=O) groups excluding carboxylic acids is 3. The lowest BCUT2D eigenvalue weighted by molar-refractivity contribution is -0.136. The van der Waals surface area contributed by atoms with Gasteiger partial charge in [0.15, 0.2) is 0 Å². The first-order valence-electron chi connectivity index (χ1n) is 10.7. The summed E-state index contributed by atoms with van der Waals surface area (Å²) in [5.41, 5.74) is 0.537. The Labute approximate surface area is 174 Å². The highest BCUT2D eigenvalue weighted by Crippen LogP contribution is 2.23. The molecule has 0 unspecified atom stereocenters. The molecule has 2 atom stereocenters. The van der Waals surface area contributed by atoms with Crippen LogP contribution in [0.15, 0.2) is 30.3 Å². The van der Waals surface area contributed by atoms with Crippen molar-refractivity contribution in [2.75, 3.05) is 13.1 Å². The minimum absolute atomic E-state index is 0.00163. The average Bonchev–Trinajstić information content (AvgIpc) is 2.71. The van der Waals surface area contributed by atoms with Crippen molar-refractivity contribution in [2.24, 2.45) is 17.8 Å². The normalized spacial score (nSPS) is 17.1. The highest BCUT2D eigenvalue weighted by atomic mass is 16.2. The Morgan fingerprint density at radius 2 is 1.52 bits per heavy atom. The fourth-order valence-corrected chi connectivity index (χ4v) is 3.51. The molecule has 2 rings (SSSR count). The molecule has 0 aromatic heterocycles. The van der Waals surface area contributed by atoms with Gasteiger partial charge >= 0.3 is 0 Å². The van der Waals surface area contributed by atoms with Gasteiger partial charge in [-0.3, -0.25) is 14.4 Å². The minimum Gasteiger partial charge on any atom is -0.352 e. The molecular weight excluding hydrogens is 366 g/mol. The van der Waals surface area contributed by atoms with Crippen LogP contribution in [-0.4, -0.2) is 47.8 Å². The van der Waals surface area contributed by atoms with Crippen molar-refractivity contribution in [3.05, 3.63) is 35.9 Å². The number of likely N-dealkylation sites (tertiary alicyclic amines) is 1. The molecule has 0 radical (unpaired) electrons. The lowest BCUT2D eigenvalue weighted by Crippen LogP contribution is -2.55. The quantitative estimate of drug-likeness (QED) is 0.737. The number of amides is 3. The zero-order valence-corrected chi connectivity index (χ0v) is 18.3. The van der Waals surface area contributed by atoms with E-state index in [1.807, 2.05) is 31.7 Å². The molecule has 0 aliphatic carbocycles. The molecule has 160 valence electrons. The lowest BCUT2D eigenvalue weighted by Gasteiger charge is -2.37. The molecule has 0 bridgehead atoms. The van der Waals surface area contributed by atoms with Gasteiger partial charge < -0.3 is 15.5 Å². The van der Waals surface area contributed by atoms with Crippen LogP contribution in [0.25, 0.3) is 0 Å². The van der Waals surface area contributed by atoms with Gasteiger partial charge in [-0.05, 0) is 43.7 Å². The van der Waals surface area contributed by atoms with Gasteiger partial charge in [-0.15, -0.1) is 0 Å². The third kappa shape index (κ3) is 6.31. The molecule has 6 heteroatoms. The summed E-state index contributed by atoms with van der Waals surface area (Å²) in [5, 5.41) is 6.01. The lowest BCUT2D eigenvalue weighted by atomic mass is 9.87. The Morgan fingerprint density at radius 1 is 0.931 bits per heavy atom. The van der Waals surface area contributed by atoms with E-state index in [2.05, 4.69) is 24.5 Å². The van der Waals surface area contributed by atoms with E-state index in [-0.39, 0.29) is 35.6 Å². The number of nitrogens with zero attached hydrogens (tertiary/aromatic N) is 1. The van der Waals surface area contributed by atoms with Crippen LogP contribution in [0.2, 0.25) is 0 Å². The third-order valence-corrected chi connectivity index (χ3v) is 5.79. The van der Waals surface area contributed by atoms with Gasteiger partial charge in [0.05, 0.1) is 0 Å². The van der Waals surface area contributed by atoms with Crippen LogP contribution in [0.4, 0.5) is 0 Å². The van der Waals surface area contributed by atoms with Crippen molar-refractivity contribution in [3.8, 4) is 0 Å². The van der Waals surface area contributed by atoms with E-state index in [1.54, 1.807) is 24.3 Å². The van der Waals surface area contributed by atoms with Crippen LogP contribution < -0.4 is 10.6 Å². The first kappa shape index (κ1) is 22.9. The molecule has 2 N–H and O–H groups in total. The number of carbonyl (C=O) groups is 3.